The molecular formula is C12H18O3. The minimum absolute atomic E-state index is 0.284. The van der Waals surface area contributed by atoms with Gasteiger partial charge < -0.3 is 14.6 Å². The Hall–Kier alpha value is -1.22. The van der Waals surface area contributed by atoms with Gasteiger partial charge in [-0.15, -0.1) is 0 Å². The molecule has 1 N–H and O–H groups in total. The number of ether oxygens (including phenoxy) is 2. The second-order valence-corrected chi connectivity index (χ2v) is 3.46. The summed E-state index contributed by atoms with van der Waals surface area (Å²) in [6.07, 6.45) is 0.495. The van der Waals surface area contributed by atoms with Crippen LogP contribution in [0.2, 0.25) is 0 Å². The fourth-order valence-corrected chi connectivity index (χ4v) is 1.11. The van der Waals surface area contributed by atoms with Gasteiger partial charge in [0.25, 0.3) is 0 Å². The van der Waals surface area contributed by atoms with E-state index in [1.165, 1.54) is 0 Å². The normalized spacial score (nSPS) is 12.2. The molecule has 0 amide bonds. The van der Waals surface area contributed by atoms with E-state index in [2.05, 4.69) is 6.92 Å². The van der Waals surface area contributed by atoms with Crippen LogP contribution >= 0.6 is 0 Å². The molecule has 1 aromatic rings. The van der Waals surface area contributed by atoms with Crippen molar-refractivity contribution in [2.75, 3.05) is 13.2 Å². The van der Waals surface area contributed by atoms with Crippen molar-refractivity contribution < 1.29 is 14.6 Å². The van der Waals surface area contributed by atoms with E-state index in [4.69, 9.17) is 14.6 Å². The highest BCUT2D eigenvalue weighted by atomic mass is 16.5. The SMILES string of the molecule is CCCOc1ccccc1OC[C@@H](C)O. The average Bonchev–Trinajstić information content (AvgIpc) is 2.24. The lowest BCUT2D eigenvalue weighted by molar-refractivity contribution is 0.120. The van der Waals surface area contributed by atoms with E-state index < -0.39 is 6.10 Å². The predicted octanol–water partition coefficient (Wildman–Crippen LogP) is 2.24. The third-order valence-electron chi connectivity index (χ3n) is 1.79. The first kappa shape index (κ1) is 11.9. The second-order valence-electron chi connectivity index (χ2n) is 3.46. The molecule has 1 aromatic carbocycles. The molecule has 1 atom stereocenters. The lowest BCUT2D eigenvalue weighted by Gasteiger charge is -2.12. The number of aliphatic hydroxyl groups excluding tert-OH is 1. The van der Waals surface area contributed by atoms with E-state index in [1.54, 1.807) is 6.92 Å². The smallest absolute Gasteiger partial charge is 0.161 e. The summed E-state index contributed by atoms with van der Waals surface area (Å²) in [6, 6.07) is 7.50. The van der Waals surface area contributed by atoms with Gasteiger partial charge >= 0.3 is 0 Å². The zero-order valence-electron chi connectivity index (χ0n) is 9.27. The lowest BCUT2D eigenvalue weighted by Crippen LogP contribution is -2.13. The summed E-state index contributed by atoms with van der Waals surface area (Å²) in [5.74, 6) is 1.42. The number of rotatable bonds is 6. The summed E-state index contributed by atoms with van der Waals surface area (Å²) in [5, 5.41) is 9.11. The molecule has 0 radical (unpaired) electrons. The Kier molecular flexibility index (Phi) is 4.98. The highest BCUT2D eigenvalue weighted by molar-refractivity contribution is 5.39. The van der Waals surface area contributed by atoms with Crippen molar-refractivity contribution in [1.29, 1.82) is 0 Å². The van der Waals surface area contributed by atoms with Crippen molar-refractivity contribution in [3.63, 3.8) is 0 Å². The molecule has 3 nitrogen and oxygen atoms in total. The van der Waals surface area contributed by atoms with E-state index in [1.807, 2.05) is 24.3 Å². The minimum atomic E-state index is -0.468. The highest BCUT2D eigenvalue weighted by Gasteiger charge is 2.04. The van der Waals surface area contributed by atoms with Crippen LogP contribution in [0, 0.1) is 0 Å². The monoisotopic (exact) mass is 210 g/mol. The zero-order chi connectivity index (χ0) is 11.1. The number of aliphatic hydroxyl groups is 1. The molecule has 0 saturated heterocycles. The first-order valence-corrected chi connectivity index (χ1v) is 5.26. The van der Waals surface area contributed by atoms with Crippen molar-refractivity contribution >= 4 is 0 Å². The van der Waals surface area contributed by atoms with Crippen molar-refractivity contribution in [3.05, 3.63) is 24.3 Å². The molecule has 0 bridgehead atoms. The lowest BCUT2D eigenvalue weighted by atomic mass is 10.3. The maximum Gasteiger partial charge on any atom is 0.161 e. The van der Waals surface area contributed by atoms with Crippen molar-refractivity contribution in [2.45, 2.75) is 26.4 Å². The molecule has 84 valence electrons. The van der Waals surface area contributed by atoms with Crippen molar-refractivity contribution in [2.24, 2.45) is 0 Å². The van der Waals surface area contributed by atoms with E-state index in [0.29, 0.717) is 12.4 Å². The van der Waals surface area contributed by atoms with Crippen LogP contribution in [0.3, 0.4) is 0 Å². The standard InChI is InChI=1S/C12H18O3/c1-3-8-14-11-6-4-5-7-12(11)15-9-10(2)13/h4-7,10,13H,3,8-9H2,1-2H3/t10-/m1/s1. The van der Waals surface area contributed by atoms with Crippen LogP contribution in [0.5, 0.6) is 11.5 Å². The Bertz CT molecular complexity index is 284. The van der Waals surface area contributed by atoms with Crippen LogP contribution < -0.4 is 9.47 Å². The summed E-state index contributed by atoms with van der Waals surface area (Å²) in [6.45, 7) is 4.70. The van der Waals surface area contributed by atoms with Gasteiger partial charge in [-0.05, 0) is 25.5 Å². The van der Waals surface area contributed by atoms with E-state index in [9.17, 15) is 0 Å². The molecule has 0 aliphatic rings. The van der Waals surface area contributed by atoms with Crippen LogP contribution in [0.25, 0.3) is 0 Å². The third-order valence-corrected chi connectivity index (χ3v) is 1.79. The van der Waals surface area contributed by atoms with Gasteiger partial charge in [0.15, 0.2) is 11.5 Å². The summed E-state index contributed by atoms with van der Waals surface area (Å²) in [7, 11) is 0. The molecule has 3 heteroatoms. The van der Waals surface area contributed by atoms with Gasteiger partial charge in [0.05, 0.1) is 12.7 Å². The van der Waals surface area contributed by atoms with Crippen LogP contribution in [0.1, 0.15) is 20.3 Å². The van der Waals surface area contributed by atoms with Gasteiger partial charge in [-0.1, -0.05) is 19.1 Å². The summed E-state index contributed by atoms with van der Waals surface area (Å²) in [5.41, 5.74) is 0. The first-order valence-electron chi connectivity index (χ1n) is 5.26. The molecule has 0 aliphatic heterocycles. The maximum atomic E-state index is 9.11. The predicted molar refractivity (Wildman–Crippen MR) is 59.4 cm³/mol. The zero-order valence-corrected chi connectivity index (χ0v) is 9.27. The molecule has 0 saturated carbocycles. The maximum absolute atomic E-state index is 9.11. The van der Waals surface area contributed by atoms with Gasteiger partial charge in [0, 0.05) is 0 Å². The molecular weight excluding hydrogens is 192 g/mol. The molecule has 0 heterocycles. The third kappa shape index (κ3) is 4.21. The van der Waals surface area contributed by atoms with Crippen molar-refractivity contribution in [3.8, 4) is 11.5 Å². The van der Waals surface area contributed by atoms with E-state index in [0.717, 1.165) is 12.2 Å². The largest absolute Gasteiger partial charge is 0.490 e. The fourth-order valence-electron chi connectivity index (χ4n) is 1.11. The Morgan fingerprint density at radius 1 is 1.20 bits per heavy atom. The summed E-state index contributed by atoms with van der Waals surface area (Å²) >= 11 is 0. The number of hydrogen-bond acceptors (Lipinski definition) is 3. The molecule has 0 fully saturated rings. The average molecular weight is 210 g/mol. The molecule has 1 rings (SSSR count). The number of para-hydroxylation sites is 2. The number of benzene rings is 1. The van der Waals surface area contributed by atoms with Crippen LogP contribution in [-0.4, -0.2) is 24.4 Å². The van der Waals surface area contributed by atoms with Crippen molar-refractivity contribution in [1.82, 2.24) is 0 Å². The first-order chi connectivity index (χ1) is 7.24. The van der Waals surface area contributed by atoms with Gasteiger partial charge in [-0.3, -0.25) is 0 Å². The minimum Gasteiger partial charge on any atom is -0.490 e. The molecule has 0 aromatic heterocycles. The van der Waals surface area contributed by atoms with Gasteiger partial charge in [0.1, 0.15) is 6.61 Å². The molecule has 0 unspecified atom stereocenters. The molecule has 15 heavy (non-hydrogen) atoms. The van der Waals surface area contributed by atoms with Crippen LogP contribution in [0.15, 0.2) is 24.3 Å². The Morgan fingerprint density at radius 2 is 1.80 bits per heavy atom. The summed E-state index contributed by atoms with van der Waals surface area (Å²) < 4.78 is 10.9. The van der Waals surface area contributed by atoms with Crippen LogP contribution in [0.4, 0.5) is 0 Å². The van der Waals surface area contributed by atoms with E-state index in [-0.39, 0.29) is 6.61 Å². The van der Waals surface area contributed by atoms with Gasteiger partial charge in [-0.2, -0.15) is 0 Å². The van der Waals surface area contributed by atoms with Gasteiger partial charge in [0.2, 0.25) is 0 Å². The molecule has 0 spiro atoms. The molecule has 0 aliphatic carbocycles. The van der Waals surface area contributed by atoms with Gasteiger partial charge in [-0.25, -0.2) is 0 Å². The fraction of sp³-hybridized carbons (Fsp3) is 0.500. The summed E-state index contributed by atoms with van der Waals surface area (Å²) in [4.78, 5) is 0. The Balaban J connectivity index is 2.59. The second kappa shape index (κ2) is 6.30. The van der Waals surface area contributed by atoms with E-state index >= 15 is 0 Å². The van der Waals surface area contributed by atoms with Crippen LogP contribution in [-0.2, 0) is 0 Å². The topological polar surface area (TPSA) is 38.7 Å². The Morgan fingerprint density at radius 3 is 2.33 bits per heavy atom. The Labute approximate surface area is 90.6 Å². The highest BCUT2D eigenvalue weighted by Crippen LogP contribution is 2.26. The quantitative estimate of drug-likeness (QED) is 0.782. The number of hydrogen-bond donors (Lipinski definition) is 1.